The number of carboxylic acid groups (broad SMARTS) is 1. The van der Waals surface area contributed by atoms with Crippen molar-refractivity contribution in [2.75, 3.05) is 44.1 Å². The first-order valence-electron chi connectivity index (χ1n) is 12.3. The molecule has 35 heavy (non-hydrogen) atoms. The van der Waals surface area contributed by atoms with Crippen LogP contribution in [-0.2, 0) is 22.4 Å². The summed E-state index contributed by atoms with van der Waals surface area (Å²) < 4.78 is 5.66. The van der Waals surface area contributed by atoms with Gasteiger partial charge in [-0.15, -0.1) is 0 Å². The van der Waals surface area contributed by atoms with Gasteiger partial charge in [0, 0.05) is 57.7 Å². The molecule has 0 aliphatic carbocycles. The Labute approximate surface area is 207 Å². The Bertz CT molecular complexity index is 1040. The van der Waals surface area contributed by atoms with Gasteiger partial charge >= 0.3 is 5.97 Å². The van der Waals surface area contributed by atoms with Crippen LogP contribution in [0.5, 0.6) is 0 Å². The van der Waals surface area contributed by atoms with E-state index >= 15 is 0 Å². The van der Waals surface area contributed by atoms with Gasteiger partial charge in [-0.2, -0.15) is 0 Å². The van der Waals surface area contributed by atoms with Crippen molar-refractivity contribution >= 4 is 23.5 Å². The first-order chi connectivity index (χ1) is 16.8. The summed E-state index contributed by atoms with van der Waals surface area (Å²) in [5.41, 5.74) is 4.25. The predicted molar refractivity (Wildman–Crippen MR) is 136 cm³/mol. The largest absolute Gasteiger partial charge is 0.480 e. The van der Waals surface area contributed by atoms with Crippen molar-refractivity contribution in [2.45, 2.75) is 58.4 Å². The number of amides is 1. The minimum atomic E-state index is -1.08. The van der Waals surface area contributed by atoms with E-state index in [9.17, 15) is 14.7 Å². The highest BCUT2D eigenvalue weighted by Crippen LogP contribution is 2.22. The van der Waals surface area contributed by atoms with Crippen LogP contribution in [0.25, 0.3) is 0 Å². The van der Waals surface area contributed by atoms with Crippen LogP contribution >= 0.6 is 0 Å². The van der Waals surface area contributed by atoms with Crippen molar-refractivity contribution in [3.05, 3.63) is 46.3 Å². The number of carbonyl (C=O) groups excluding carboxylic acids is 1. The number of pyridine rings is 2. The molecule has 3 rings (SSSR count). The zero-order valence-electron chi connectivity index (χ0n) is 21.2. The lowest BCUT2D eigenvalue weighted by atomic mass is 10.0. The zero-order valence-corrected chi connectivity index (χ0v) is 21.2. The van der Waals surface area contributed by atoms with Gasteiger partial charge in [-0.25, -0.2) is 14.8 Å². The van der Waals surface area contributed by atoms with Gasteiger partial charge in [0.15, 0.2) is 0 Å². The number of rotatable bonds is 12. The van der Waals surface area contributed by atoms with Gasteiger partial charge in [0.1, 0.15) is 17.7 Å². The molecule has 0 bridgehead atoms. The lowest BCUT2D eigenvalue weighted by Crippen LogP contribution is -2.42. The number of carbonyl (C=O) groups is 2. The molecule has 1 amide bonds. The molecule has 3 N–H and O–H groups in total. The van der Waals surface area contributed by atoms with Gasteiger partial charge in [-0.05, 0) is 63.1 Å². The van der Waals surface area contributed by atoms with Crippen LogP contribution in [-0.4, -0.2) is 66.8 Å². The van der Waals surface area contributed by atoms with E-state index in [1.54, 1.807) is 13.1 Å². The van der Waals surface area contributed by atoms with Crippen LogP contribution < -0.4 is 15.5 Å². The molecule has 0 fully saturated rings. The SMILES string of the molecule is Cc1cnc(N(C)C)c(C)c1C(=O)NC(CCOCCCCc1ccc2c(n1)NCCC2)C(=O)O. The van der Waals surface area contributed by atoms with Crippen molar-refractivity contribution in [1.29, 1.82) is 0 Å². The molecule has 3 heterocycles. The van der Waals surface area contributed by atoms with Crippen LogP contribution in [0.4, 0.5) is 11.6 Å². The number of fused-ring (bicyclic) bond motifs is 1. The van der Waals surface area contributed by atoms with E-state index < -0.39 is 17.9 Å². The molecule has 0 aromatic carbocycles. The van der Waals surface area contributed by atoms with Gasteiger partial charge in [0.2, 0.25) is 0 Å². The maximum atomic E-state index is 12.9. The molecule has 0 radical (unpaired) electrons. The third-order valence-corrected chi connectivity index (χ3v) is 6.21. The van der Waals surface area contributed by atoms with Gasteiger partial charge < -0.3 is 25.4 Å². The predicted octanol–water partition coefficient (Wildman–Crippen LogP) is 3.13. The molecule has 190 valence electrons. The molecule has 1 aliphatic rings. The Hall–Kier alpha value is -3.20. The van der Waals surface area contributed by atoms with Crippen molar-refractivity contribution in [3.8, 4) is 0 Å². The summed E-state index contributed by atoms with van der Waals surface area (Å²) in [6, 6.07) is 3.24. The van der Waals surface area contributed by atoms with Crippen molar-refractivity contribution in [2.24, 2.45) is 0 Å². The topological polar surface area (TPSA) is 117 Å². The molecular weight excluding hydrogens is 446 g/mol. The Morgan fingerprint density at radius 2 is 2.03 bits per heavy atom. The number of anilines is 2. The number of aromatic nitrogens is 2. The number of nitrogens with one attached hydrogen (secondary N) is 2. The van der Waals surface area contributed by atoms with E-state index in [0.29, 0.717) is 23.6 Å². The van der Waals surface area contributed by atoms with E-state index in [2.05, 4.69) is 27.8 Å². The number of nitrogens with zero attached hydrogens (tertiary/aromatic N) is 3. The van der Waals surface area contributed by atoms with E-state index in [0.717, 1.165) is 55.7 Å². The minimum absolute atomic E-state index is 0.197. The number of ether oxygens (including phenoxy) is 1. The fraction of sp³-hybridized carbons (Fsp3) is 0.538. The van der Waals surface area contributed by atoms with Gasteiger partial charge in [-0.3, -0.25) is 4.79 Å². The Kier molecular flexibility index (Phi) is 9.42. The molecule has 9 heteroatoms. The lowest BCUT2D eigenvalue weighted by Gasteiger charge is -2.20. The quantitative estimate of drug-likeness (QED) is 0.394. The Morgan fingerprint density at radius 3 is 2.77 bits per heavy atom. The first-order valence-corrected chi connectivity index (χ1v) is 12.3. The molecular formula is C26H37N5O4. The summed E-state index contributed by atoms with van der Waals surface area (Å²) in [5, 5.41) is 15.6. The summed E-state index contributed by atoms with van der Waals surface area (Å²) in [4.78, 5) is 35.5. The number of aryl methyl sites for hydroxylation is 3. The molecule has 1 unspecified atom stereocenters. The number of hydrogen-bond donors (Lipinski definition) is 3. The number of carboxylic acids is 1. The smallest absolute Gasteiger partial charge is 0.326 e. The van der Waals surface area contributed by atoms with Crippen LogP contribution in [0.1, 0.15) is 58.4 Å². The fourth-order valence-corrected chi connectivity index (χ4v) is 4.34. The average Bonchev–Trinajstić information content (AvgIpc) is 2.82. The zero-order chi connectivity index (χ0) is 25.4. The Morgan fingerprint density at radius 1 is 1.23 bits per heavy atom. The third kappa shape index (κ3) is 7.14. The van der Waals surface area contributed by atoms with E-state index in [1.807, 2.05) is 25.9 Å². The van der Waals surface area contributed by atoms with Crippen LogP contribution in [0.15, 0.2) is 18.3 Å². The highest BCUT2D eigenvalue weighted by molar-refractivity contribution is 5.99. The summed E-state index contributed by atoms with van der Waals surface area (Å²) in [7, 11) is 3.70. The van der Waals surface area contributed by atoms with Crippen LogP contribution in [0.2, 0.25) is 0 Å². The summed E-state index contributed by atoms with van der Waals surface area (Å²) >= 11 is 0. The molecule has 0 saturated heterocycles. The van der Waals surface area contributed by atoms with Crippen molar-refractivity contribution in [1.82, 2.24) is 15.3 Å². The monoisotopic (exact) mass is 483 g/mol. The van der Waals surface area contributed by atoms with E-state index in [-0.39, 0.29) is 13.0 Å². The second kappa shape index (κ2) is 12.5. The molecule has 9 nitrogen and oxygen atoms in total. The highest BCUT2D eigenvalue weighted by Gasteiger charge is 2.24. The molecule has 1 atom stereocenters. The molecule has 0 spiro atoms. The lowest BCUT2D eigenvalue weighted by molar-refractivity contribution is -0.139. The average molecular weight is 484 g/mol. The normalized spacial score (nSPS) is 13.5. The molecule has 0 saturated carbocycles. The molecule has 2 aromatic heterocycles. The number of aliphatic carboxylic acids is 1. The van der Waals surface area contributed by atoms with Crippen LogP contribution in [0, 0.1) is 13.8 Å². The Balaban J connectivity index is 1.42. The van der Waals surface area contributed by atoms with Gasteiger partial charge in [0.05, 0.1) is 5.56 Å². The van der Waals surface area contributed by atoms with E-state index in [1.165, 1.54) is 5.56 Å². The van der Waals surface area contributed by atoms with E-state index in [4.69, 9.17) is 9.72 Å². The van der Waals surface area contributed by atoms with Crippen molar-refractivity contribution < 1.29 is 19.4 Å². The molecule has 1 aliphatic heterocycles. The summed E-state index contributed by atoms with van der Waals surface area (Å²) in [6.45, 7) is 5.39. The second-order valence-electron chi connectivity index (χ2n) is 9.22. The maximum absolute atomic E-state index is 12.9. The van der Waals surface area contributed by atoms with Gasteiger partial charge in [0.25, 0.3) is 5.91 Å². The third-order valence-electron chi connectivity index (χ3n) is 6.21. The van der Waals surface area contributed by atoms with Crippen LogP contribution in [0.3, 0.4) is 0 Å². The number of unbranched alkanes of at least 4 members (excludes halogenated alkanes) is 1. The maximum Gasteiger partial charge on any atom is 0.326 e. The summed E-state index contributed by atoms with van der Waals surface area (Å²) in [6.07, 6.45) is 6.75. The number of hydrogen-bond acceptors (Lipinski definition) is 7. The fourth-order valence-electron chi connectivity index (χ4n) is 4.34. The van der Waals surface area contributed by atoms with Crippen molar-refractivity contribution in [3.63, 3.8) is 0 Å². The van der Waals surface area contributed by atoms with Gasteiger partial charge in [-0.1, -0.05) is 6.07 Å². The summed E-state index contributed by atoms with van der Waals surface area (Å²) in [5.74, 6) is 0.204. The highest BCUT2D eigenvalue weighted by atomic mass is 16.5. The first kappa shape index (κ1) is 26.4. The minimum Gasteiger partial charge on any atom is -0.480 e. The second-order valence-corrected chi connectivity index (χ2v) is 9.22. The standard InChI is InChI=1S/C26H37N5O4/c1-17-16-28-24(31(3)4)18(2)22(17)25(32)30-21(26(33)34)12-15-35-14-6-5-9-20-11-10-19-8-7-13-27-23(19)29-20/h10-11,16,21H,5-9,12-15H2,1-4H3,(H,27,29)(H,30,32)(H,33,34). The molecule has 2 aromatic rings.